The average Bonchev–Trinajstić information content (AvgIpc) is 2.65. The van der Waals surface area contributed by atoms with Crippen LogP contribution in [0.4, 0.5) is 10.2 Å². The molecule has 2 amide bonds. The van der Waals surface area contributed by atoms with Crippen molar-refractivity contribution in [2.45, 2.75) is 19.4 Å². The van der Waals surface area contributed by atoms with Crippen molar-refractivity contribution in [1.82, 2.24) is 15.8 Å². The standard InChI is InChI=1S/C19H20ClFN4O3/c1-19(2,24-18(27)13-4-6-14(21)7-5-13)11-23-17-15(20)9-12(10-22-17)3-8-16(26)25-28/h3-10,28H,11H2,1-2H3,(H,22,23)(H,24,27)(H,25,26). The van der Waals surface area contributed by atoms with Gasteiger partial charge in [-0.15, -0.1) is 0 Å². The first kappa shape index (κ1) is 21.3. The molecule has 0 fully saturated rings. The van der Waals surface area contributed by atoms with Crippen LogP contribution >= 0.6 is 11.6 Å². The fourth-order valence-corrected chi connectivity index (χ4v) is 2.45. The highest BCUT2D eigenvalue weighted by Crippen LogP contribution is 2.21. The maximum Gasteiger partial charge on any atom is 0.267 e. The maximum absolute atomic E-state index is 13.0. The second-order valence-electron chi connectivity index (χ2n) is 6.61. The number of carbonyl (C=O) groups is 2. The molecule has 148 valence electrons. The summed E-state index contributed by atoms with van der Waals surface area (Å²) in [7, 11) is 0. The van der Waals surface area contributed by atoms with Gasteiger partial charge in [-0.3, -0.25) is 14.8 Å². The van der Waals surface area contributed by atoms with Gasteiger partial charge in [0.1, 0.15) is 11.6 Å². The van der Waals surface area contributed by atoms with Gasteiger partial charge in [-0.2, -0.15) is 0 Å². The third-order valence-electron chi connectivity index (χ3n) is 3.66. The smallest absolute Gasteiger partial charge is 0.267 e. The molecule has 0 spiro atoms. The van der Waals surface area contributed by atoms with E-state index in [1.165, 1.54) is 42.0 Å². The molecule has 1 aromatic heterocycles. The Labute approximate surface area is 166 Å². The van der Waals surface area contributed by atoms with Crippen LogP contribution in [-0.4, -0.2) is 34.1 Å². The number of halogens is 2. The van der Waals surface area contributed by atoms with Gasteiger partial charge in [0, 0.05) is 24.4 Å². The Hall–Kier alpha value is -2.97. The molecule has 0 bridgehead atoms. The maximum atomic E-state index is 13.0. The van der Waals surface area contributed by atoms with Gasteiger partial charge in [0.05, 0.1) is 10.6 Å². The first-order valence-corrected chi connectivity index (χ1v) is 8.67. The molecule has 0 radical (unpaired) electrons. The van der Waals surface area contributed by atoms with Gasteiger partial charge in [0.25, 0.3) is 11.8 Å². The minimum Gasteiger partial charge on any atom is -0.367 e. The van der Waals surface area contributed by atoms with E-state index in [0.29, 0.717) is 28.5 Å². The molecular formula is C19H20ClFN4O3. The average molecular weight is 407 g/mol. The number of benzene rings is 1. The van der Waals surface area contributed by atoms with Crippen LogP contribution < -0.4 is 16.1 Å². The molecule has 4 N–H and O–H groups in total. The fraction of sp³-hybridized carbons (Fsp3) is 0.211. The van der Waals surface area contributed by atoms with Crippen molar-refractivity contribution >= 4 is 35.3 Å². The van der Waals surface area contributed by atoms with Gasteiger partial charge in [-0.1, -0.05) is 11.6 Å². The van der Waals surface area contributed by atoms with E-state index in [1.54, 1.807) is 6.07 Å². The fourth-order valence-electron chi connectivity index (χ4n) is 2.21. The number of pyridine rings is 1. The minimum absolute atomic E-state index is 0.325. The number of hydrogen-bond acceptors (Lipinski definition) is 5. The summed E-state index contributed by atoms with van der Waals surface area (Å²) < 4.78 is 13.0. The number of carbonyl (C=O) groups excluding carboxylic acids is 2. The van der Waals surface area contributed by atoms with Crippen LogP contribution in [0.25, 0.3) is 6.08 Å². The number of anilines is 1. The lowest BCUT2D eigenvalue weighted by atomic mass is 10.0. The van der Waals surface area contributed by atoms with Crippen LogP contribution in [0.2, 0.25) is 5.02 Å². The molecule has 28 heavy (non-hydrogen) atoms. The van der Waals surface area contributed by atoms with Crippen LogP contribution in [0.1, 0.15) is 29.8 Å². The number of nitrogens with one attached hydrogen (secondary N) is 3. The van der Waals surface area contributed by atoms with Crippen molar-refractivity contribution in [3.8, 4) is 0 Å². The van der Waals surface area contributed by atoms with E-state index < -0.39 is 17.3 Å². The van der Waals surface area contributed by atoms with Gasteiger partial charge in [-0.05, 0) is 55.8 Å². The number of aromatic nitrogens is 1. The minimum atomic E-state index is -0.669. The van der Waals surface area contributed by atoms with Crippen molar-refractivity contribution in [1.29, 1.82) is 0 Å². The largest absolute Gasteiger partial charge is 0.367 e. The summed E-state index contributed by atoms with van der Waals surface area (Å²) >= 11 is 6.19. The van der Waals surface area contributed by atoms with Crippen LogP contribution in [0.5, 0.6) is 0 Å². The van der Waals surface area contributed by atoms with Crippen molar-refractivity contribution in [3.05, 3.63) is 64.6 Å². The zero-order valence-corrected chi connectivity index (χ0v) is 16.0. The van der Waals surface area contributed by atoms with Crippen molar-refractivity contribution in [3.63, 3.8) is 0 Å². The Morgan fingerprint density at radius 2 is 1.96 bits per heavy atom. The van der Waals surface area contributed by atoms with E-state index in [9.17, 15) is 14.0 Å². The van der Waals surface area contributed by atoms with Gasteiger partial charge < -0.3 is 10.6 Å². The topological polar surface area (TPSA) is 103 Å². The number of amides is 2. The number of rotatable bonds is 7. The second kappa shape index (κ2) is 9.29. The monoisotopic (exact) mass is 406 g/mol. The van der Waals surface area contributed by atoms with Gasteiger partial charge >= 0.3 is 0 Å². The van der Waals surface area contributed by atoms with Crippen LogP contribution in [0.3, 0.4) is 0 Å². The summed E-state index contributed by atoms with van der Waals surface area (Å²) in [6.45, 7) is 3.97. The predicted molar refractivity (Wildman–Crippen MR) is 105 cm³/mol. The Morgan fingerprint density at radius 3 is 2.57 bits per heavy atom. The number of hydroxylamine groups is 1. The number of nitrogens with zero attached hydrogens (tertiary/aromatic N) is 1. The molecule has 2 aromatic rings. The van der Waals surface area contributed by atoms with Crippen molar-refractivity contribution in [2.24, 2.45) is 0 Å². The molecule has 0 saturated carbocycles. The quantitative estimate of drug-likeness (QED) is 0.321. The molecule has 1 heterocycles. The van der Waals surface area contributed by atoms with E-state index in [4.69, 9.17) is 16.8 Å². The predicted octanol–water partition coefficient (Wildman–Crippen LogP) is 3.01. The van der Waals surface area contributed by atoms with E-state index in [-0.39, 0.29) is 5.91 Å². The normalized spacial score (nSPS) is 11.3. The molecule has 0 aliphatic heterocycles. The van der Waals surface area contributed by atoms with Crippen LogP contribution in [0, 0.1) is 5.82 Å². The summed E-state index contributed by atoms with van der Waals surface area (Å²) in [6.07, 6.45) is 4.08. The van der Waals surface area contributed by atoms with Gasteiger partial charge in [0.15, 0.2) is 0 Å². The lowest BCUT2D eigenvalue weighted by Gasteiger charge is -2.27. The molecule has 1 aromatic carbocycles. The highest BCUT2D eigenvalue weighted by atomic mass is 35.5. The Bertz CT molecular complexity index is 885. The lowest BCUT2D eigenvalue weighted by Crippen LogP contribution is -2.48. The second-order valence-corrected chi connectivity index (χ2v) is 7.01. The van der Waals surface area contributed by atoms with Crippen molar-refractivity contribution in [2.75, 3.05) is 11.9 Å². The Morgan fingerprint density at radius 1 is 1.29 bits per heavy atom. The Balaban J connectivity index is 1.97. The summed E-state index contributed by atoms with van der Waals surface area (Å²) in [5, 5.41) is 14.7. The lowest BCUT2D eigenvalue weighted by molar-refractivity contribution is -0.124. The summed E-state index contributed by atoms with van der Waals surface area (Å²) in [6, 6.07) is 6.88. The summed E-state index contributed by atoms with van der Waals surface area (Å²) in [5.41, 5.74) is 1.77. The Kier molecular flexibility index (Phi) is 7.08. The molecule has 0 unspecified atom stereocenters. The van der Waals surface area contributed by atoms with E-state index >= 15 is 0 Å². The molecule has 2 rings (SSSR count). The SMILES string of the molecule is CC(C)(CNc1ncc(C=CC(=O)NO)cc1Cl)NC(=O)c1ccc(F)cc1. The number of hydrogen-bond donors (Lipinski definition) is 4. The van der Waals surface area contributed by atoms with Crippen LogP contribution in [0.15, 0.2) is 42.6 Å². The molecule has 0 aliphatic rings. The van der Waals surface area contributed by atoms with Gasteiger partial charge in [0.2, 0.25) is 0 Å². The van der Waals surface area contributed by atoms with Crippen LogP contribution in [-0.2, 0) is 4.79 Å². The molecule has 0 aliphatic carbocycles. The molecule has 0 atom stereocenters. The molecular weight excluding hydrogens is 387 g/mol. The highest BCUT2D eigenvalue weighted by molar-refractivity contribution is 6.33. The third-order valence-corrected chi connectivity index (χ3v) is 3.94. The zero-order chi connectivity index (χ0) is 20.7. The van der Waals surface area contributed by atoms with E-state index in [2.05, 4.69) is 15.6 Å². The van der Waals surface area contributed by atoms with Crippen molar-refractivity contribution < 1.29 is 19.2 Å². The van der Waals surface area contributed by atoms with Gasteiger partial charge in [-0.25, -0.2) is 14.9 Å². The third kappa shape index (κ3) is 6.33. The molecule has 0 saturated heterocycles. The molecule has 7 nitrogen and oxygen atoms in total. The first-order valence-electron chi connectivity index (χ1n) is 8.30. The summed E-state index contributed by atoms with van der Waals surface area (Å²) in [5.74, 6) is -0.992. The highest BCUT2D eigenvalue weighted by Gasteiger charge is 2.21. The zero-order valence-electron chi connectivity index (χ0n) is 15.3. The van der Waals surface area contributed by atoms with E-state index in [0.717, 1.165) is 6.08 Å². The molecule has 9 heteroatoms. The first-order chi connectivity index (χ1) is 13.2. The van der Waals surface area contributed by atoms with E-state index in [1.807, 2.05) is 13.8 Å². The summed E-state index contributed by atoms with van der Waals surface area (Å²) in [4.78, 5) is 27.5.